The standard InChI is InChI=1S/C20H16ClN5S/c21-18-15(11-14-3-1-2-4-17(14)23-18)12-27-20-25-24-19(26(20)16-5-6-16)13-7-9-22-10-8-13/h1-4,7-11,16H,5-6,12H2. The molecule has 27 heavy (non-hydrogen) atoms. The van der Waals surface area contributed by atoms with Gasteiger partial charge in [0.05, 0.1) is 5.52 Å². The van der Waals surface area contributed by atoms with E-state index in [0.29, 0.717) is 16.9 Å². The summed E-state index contributed by atoms with van der Waals surface area (Å²) in [7, 11) is 0. The number of hydrogen-bond acceptors (Lipinski definition) is 5. The minimum atomic E-state index is 0.482. The van der Waals surface area contributed by atoms with E-state index in [2.05, 4.69) is 36.9 Å². The van der Waals surface area contributed by atoms with Crippen molar-refractivity contribution in [2.75, 3.05) is 0 Å². The maximum Gasteiger partial charge on any atom is 0.192 e. The SMILES string of the molecule is Clc1nc2ccccc2cc1CSc1nnc(-c2ccncc2)n1C1CC1. The first-order chi connectivity index (χ1) is 13.3. The number of aromatic nitrogens is 5. The van der Waals surface area contributed by atoms with Gasteiger partial charge >= 0.3 is 0 Å². The Balaban J connectivity index is 1.45. The molecule has 4 aromatic rings. The van der Waals surface area contributed by atoms with E-state index < -0.39 is 0 Å². The fourth-order valence-corrected chi connectivity index (χ4v) is 4.38. The van der Waals surface area contributed by atoms with Crippen molar-refractivity contribution < 1.29 is 0 Å². The van der Waals surface area contributed by atoms with Gasteiger partial charge in [0, 0.05) is 40.7 Å². The monoisotopic (exact) mass is 393 g/mol. The van der Waals surface area contributed by atoms with Crippen LogP contribution < -0.4 is 0 Å². The highest BCUT2D eigenvalue weighted by atomic mass is 35.5. The molecule has 0 atom stereocenters. The van der Waals surface area contributed by atoms with Gasteiger partial charge in [-0.05, 0) is 37.1 Å². The van der Waals surface area contributed by atoms with E-state index >= 15 is 0 Å². The lowest BCUT2D eigenvalue weighted by molar-refractivity contribution is 0.669. The number of pyridine rings is 2. The van der Waals surface area contributed by atoms with Crippen LogP contribution in [0.3, 0.4) is 0 Å². The van der Waals surface area contributed by atoms with E-state index in [0.717, 1.165) is 33.0 Å². The zero-order valence-corrected chi connectivity index (χ0v) is 16.0. The summed E-state index contributed by atoms with van der Waals surface area (Å²) in [6.45, 7) is 0. The number of thioether (sulfide) groups is 1. The van der Waals surface area contributed by atoms with Crippen LogP contribution in [0, 0.1) is 0 Å². The van der Waals surface area contributed by atoms with E-state index in [1.54, 1.807) is 24.2 Å². The van der Waals surface area contributed by atoms with Crippen molar-refractivity contribution >= 4 is 34.3 Å². The van der Waals surface area contributed by atoms with E-state index in [9.17, 15) is 0 Å². The average Bonchev–Trinajstić information content (AvgIpc) is 3.46. The summed E-state index contributed by atoms with van der Waals surface area (Å²) in [6.07, 6.45) is 5.91. The van der Waals surface area contributed by atoms with Gasteiger partial charge in [0.15, 0.2) is 11.0 Å². The Morgan fingerprint density at radius 2 is 1.89 bits per heavy atom. The summed E-state index contributed by atoms with van der Waals surface area (Å²) in [5, 5.41) is 11.5. The van der Waals surface area contributed by atoms with Crippen molar-refractivity contribution in [3.8, 4) is 11.4 Å². The van der Waals surface area contributed by atoms with Crippen molar-refractivity contribution in [3.63, 3.8) is 0 Å². The Bertz CT molecular complexity index is 1110. The summed E-state index contributed by atoms with van der Waals surface area (Å²) in [4.78, 5) is 8.61. The second kappa shape index (κ2) is 6.94. The molecule has 0 radical (unpaired) electrons. The zero-order valence-electron chi connectivity index (χ0n) is 14.4. The maximum absolute atomic E-state index is 6.41. The Labute approximate surface area is 165 Å². The number of benzene rings is 1. The Morgan fingerprint density at radius 1 is 1.07 bits per heavy atom. The van der Waals surface area contributed by atoms with Crippen LogP contribution in [0.15, 0.2) is 60.0 Å². The van der Waals surface area contributed by atoms with Gasteiger partial charge in [-0.3, -0.25) is 9.55 Å². The van der Waals surface area contributed by atoms with Crippen molar-refractivity contribution in [2.45, 2.75) is 29.8 Å². The lowest BCUT2D eigenvalue weighted by Gasteiger charge is -2.09. The number of nitrogens with zero attached hydrogens (tertiary/aromatic N) is 5. The molecular formula is C20H16ClN5S. The summed E-state index contributed by atoms with van der Waals surface area (Å²) >= 11 is 8.07. The van der Waals surface area contributed by atoms with Gasteiger partial charge in [-0.25, -0.2) is 4.98 Å². The second-order valence-electron chi connectivity index (χ2n) is 6.56. The Morgan fingerprint density at radius 3 is 2.70 bits per heavy atom. The highest BCUT2D eigenvalue weighted by molar-refractivity contribution is 7.98. The van der Waals surface area contributed by atoms with E-state index in [4.69, 9.17) is 11.6 Å². The molecule has 0 N–H and O–H groups in total. The minimum Gasteiger partial charge on any atom is -0.299 e. The molecule has 0 amide bonds. The van der Waals surface area contributed by atoms with Crippen molar-refractivity contribution in [3.05, 3.63) is 65.6 Å². The van der Waals surface area contributed by atoms with Crippen LogP contribution in [-0.4, -0.2) is 24.7 Å². The number of para-hydroxylation sites is 1. The molecule has 1 fully saturated rings. The summed E-state index contributed by atoms with van der Waals surface area (Å²) in [5.74, 6) is 1.61. The van der Waals surface area contributed by atoms with Crippen molar-refractivity contribution in [2.24, 2.45) is 0 Å². The molecule has 134 valence electrons. The van der Waals surface area contributed by atoms with Crippen LogP contribution in [0.25, 0.3) is 22.3 Å². The number of hydrogen-bond donors (Lipinski definition) is 0. The van der Waals surface area contributed by atoms with Crippen LogP contribution in [0.5, 0.6) is 0 Å². The van der Waals surface area contributed by atoms with Crippen LogP contribution in [0.2, 0.25) is 5.15 Å². The Hall–Kier alpha value is -2.44. The third-order valence-corrected chi connectivity index (χ3v) is 5.94. The molecule has 0 aliphatic heterocycles. The topological polar surface area (TPSA) is 56.5 Å². The molecule has 0 bridgehead atoms. The molecule has 7 heteroatoms. The normalized spacial score (nSPS) is 14.0. The molecule has 5 nitrogen and oxygen atoms in total. The molecule has 0 spiro atoms. The Kier molecular flexibility index (Phi) is 4.30. The van der Waals surface area contributed by atoms with Crippen LogP contribution in [0.4, 0.5) is 0 Å². The first-order valence-corrected chi connectivity index (χ1v) is 10.2. The molecule has 5 rings (SSSR count). The molecular weight excluding hydrogens is 378 g/mol. The third kappa shape index (κ3) is 3.31. The van der Waals surface area contributed by atoms with Gasteiger partial charge in [0.1, 0.15) is 5.15 Å². The predicted molar refractivity (Wildman–Crippen MR) is 108 cm³/mol. The number of halogens is 1. The van der Waals surface area contributed by atoms with E-state index in [1.807, 2.05) is 30.3 Å². The third-order valence-electron chi connectivity index (χ3n) is 4.62. The molecule has 1 aliphatic carbocycles. The maximum atomic E-state index is 6.41. The average molecular weight is 394 g/mol. The smallest absolute Gasteiger partial charge is 0.192 e. The number of rotatable bonds is 5. The van der Waals surface area contributed by atoms with Crippen molar-refractivity contribution in [1.29, 1.82) is 0 Å². The molecule has 1 aliphatic rings. The summed E-state index contributed by atoms with van der Waals surface area (Å²) in [5.41, 5.74) is 2.97. The number of fused-ring (bicyclic) bond motifs is 1. The van der Waals surface area contributed by atoms with Gasteiger partial charge in [-0.1, -0.05) is 41.6 Å². The second-order valence-corrected chi connectivity index (χ2v) is 7.86. The van der Waals surface area contributed by atoms with Gasteiger partial charge < -0.3 is 0 Å². The lowest BCUT2D eigenvalue weighted by Crippen LogP contribution is -2.00. The predicted octanol–water partition coefficient (Wildman–Crippen LogP) is 5.17. The van der Waals surface area contributed by atoms with Gasteiger partial charge in [-0.2, -0.15) is 0 Å². The van der Waals surface area contributed by atoms with Gasteiger partial charge in [0.2, 0.25) is 0 Å². The highest BCUT2D eigenvalue weighted by Gasteiger charge is 2.30. The fourth-order valence-electron chi connectivity index (χ4n) is 3.11. The van der Waals surface area contributed by atoms with Crippen LogP contribution >= 0.6 is 23.4 Å². The highest BCUT2D eigenvalue weighted by Crippen LogP contribution is 2.41. The molecule has 0 unspecified atom stereocenters. The van der Waals surface area contributed by atoms with Gasteiger partial charge in [0.25, 0.3) is 0 Å². The molecule has 1 aromatic carbocycles. The first kappa shape index (κ1) is 16.7. The van der Waals surface area contributed by atoms with Crippen molar-refractivity contribution in [1.82, 2.24) is 24.7 Å². The van der Waals surface area contributed by atoms with Crippen LogP contribution in [0.1, 0.15) is 24.4 Å². The zero-order chi connectivity index (χ0) is 18.2. The van der Waals surface area contributed by atoms with E-state index in [1.165, 1.54) is 12.8 Å². The molecule has 0 saturated heterocycles. The summed E-state index contributed by atoms with van der Waals surface area (Å²) < 4.78 is 2.25. The fraction of sp³-hybridized carbons (Fsp3) is 0.200. The largest absolute Gasteiger partial charge is 0.299 e. The molecule has 3 heterocycles. The molecule has 1 saturated carbocycles. The molecule has 3 aromatic heterocycles. The minimum absolute atomic E-state index is 0.482. The van der Waals surface area contributed by atoms with Gasteiger partial charge in [-0.15, -0.1) is 10.2 Å². The lowest BCUT2D eigenvalue weighted by atomic mass is 10.2. The van der Waals surface area contributed by atoms with E-state index in [-0.39, 0.29) is 0 Å². The quantitative estimate of drug-likeness (QED) is 0.346. The first-order valence-electron chi connectivity index (χ1n) is 8.82. The van der Waals surface area contributed by atoms with Crippen LogP contribution in [-0.2, 0) is 5.75 Å². The summed E-state index contributed by atoms with van der Waals surface area (Å²) in [6, 6.07) is 14.6.